The van der Waals surface area contributed by atoms with Gasteiger partial charge in [0.05, 0.1) is 24.2 Å². The van der Waals surface area contributed by atoms with E-state index in [2.05, 4.69) is 15.3 Å². The number of aromatic nitrogens is 3. The Bertz CT molecular complexity index is 1510. The fourth-order valence-electron chi connectivity index (χ4n) is 3.76. The summed E-state index contributed by atoms with van der Waals surface area (Å²) in [6, 6.07) is 8.03. The van der Waals surface area contributed by atoms with Gasteiger partial charge < -0.3 is 11.1 Å². The van der Waals surface area contributed by atoms with E-state index in [1.165, 1.54) is 19.1 Å². The molecule has 1 amide bonds. The van der Waals surface area contributed by atoms with Crippen LogP contribution in [-0.2, 0) is 11.3 Å². The smallest absolute Gasteiger partial charge is 0.320 e. The number of amides is 1. The minimum Gasteiger partial charge on any atom is -0.320 e. The Morgan fingerprint density at radius 2 is 1.89 bits per heavy atom. The van der Waals surface area contributed by atoms with Crippen molar-refractivity contribution in [1.82, 2.24) is 14.5 Å². The Hall–Kier alpha value is -4.43. The highest BCUT2D eigenvalue weighted by atomic mass is 19.1. The van der Waals surface area contributed by atoms with Gasteiger partial charge in [-0.05, 0) is 61.2 Å². The van der Waals surface area contributed by atoms with Crippen LogP contribution in [0.3, 0.4) is 0 Å². The third-order valence-electron chi connectivity index (χ3n) is 5.36. The summed E-state index contributed by atoms with van der Waals surface area (Å²) < 4.78 is 15.3. The fraction of sp³-hybridized carbons (Fsp3) is 0.280. The maximum Gasteiger partial charge on any atom is 0.329 e. The van der Waals surface area contributed by atoms with Crippen LogP contribution in [0, 0.1) is 24.2 Å². The Kier molecular flexibility index (Phi) is 7.60. The first-order valence-electron chi connectivity index (χ1n) is 11.1. The molecule has 0 bridgehead atoms. The predicted molar refractivity (Wildman–Crippen MR) is 130 cm³/mol. The molecule has 3 rings (SSSR count). The van der Waals surface area contributed by atoms with Gasteiger partial charge in [-0.1, -0.05) is 13.8 Å². The number of rotatable bonds is 7. The first-order chi connectivity index (χ1) is 16.9. The van der Waals surface area contributed by atoms with Gasteiger partial charge in [0, 0.05) is 11.1 Å². The molecule has 1 unspecified atom stereocenters. The number of carbonyl (C=O) groups is 2. The number of aromatic amines is 1. The van der Waals surface area contributed by atoms with E-state index in [1.54, 1.807) is 32.9 Å². The highest BCUT2D eigenvalue weighted by Crippen LogP contribution is 2.21. The van der Waals surface area contributed by atoms with Crippen LogP contribution in [0.2, 0.25) is 0 Å². The highest BCUT2D eigenvalue weighted by molar-refractivity contribution is 6.09. The molecule has 3 aromatic rings. The van der Waals surface area contributed by atoms with Crippen molar-refractivity contribution in [2.45, 2.75) is 46.2 Å². The van der Waals surface area contributed by atoms with Crippen LogP contribution < -0.4 is 22.3 Å². The molecule has 2 aromatic heterocycles. The van der Waals surface area contributed by atoms with Gasteiger partial charge in [-0.25, -0.2) is 9.78 Å². The number of halogens is 1. The van der Waals surface area contributed by atoms with Crippen molar-refractivity contribution < 1.29 is 14.0 Å². The molecule has 1 aromatic carbocycles. The van der Waals surface area contributed by atoms with Gasteiger partial charge in [0.15, 0.2) is 0 Å². The molecule has 0 saturated heterocycles. The summed E-state index contributed by atoms with van der Waals surface area (Å²) >= 11 is 0. The zero-order valence-corrected chi connectivity index (χ0v) is 20.2. The number of hydrogen-bond donors (Lipinski definition) is 3. The summed E-state index contributed by atoms with van der Waals surface area (Å²) in [4.78, 5) is 57.1. The fourth-order valence-corrected chi connectivity index (χ4v) is 3.76. The van der Waals surface area contributed by atoms with E-state index in [0.717, 1.165) is 10.6 Å². The average Bonchev–Trinajstić information content (AvgIpc) is 2.78. The van der Waals surface area contributed by atoms with Gasteiger partial charge >= 0.3 is 5.69 Å². The zero-order chi connectivity index (χ0) is 26.7. The van der Waals surface area contributed by atoms with Crippen LogP contribution in [0.1, 0.15) is 65.0 Å². The molecule has 36 heavy (non-hydrogen) atoms. The van der Waals surface area contributed by atoms with Crippen molar-refractivity contribution in [2.75, 3.05) is 5.32 Å². The van der Waals surface area contributed by atoms with Crippen molar-refractivity contribution in [3.8, 4) is 6.07 Å². The summed E-state index contributed by atoms with van der Waals surface area (Å²) in [6.45, 7) is 6.24. The maximum atomic E-state index is 14.3. The molecule has 0 saturated carbocycles. The molecule has 2 heterocycles. The van der Waals surface area contributed by atoms with Gasteiger partial charge in [-0.15, -0.1) is 0 Å². The Morgan fingerprint density at radius 1 is 1.19 bits per heavy atom. The Morgan fingerprint density at radius 3 is 2.50 bits per heavy atom. The molecule has 4 N–H and O–H groups in total. The van der Waals surface area contributed by atoms with E-state index in [1.807, 2.05) is 6.07 Å². The maximum absolute atomic E-state index is 14.3. The number of carbonyl (C=O) groups excluding carboxylic acids is 2. The van der Waals surface area contributed by atoms with Gasteiger partial charge in [0.2, 0.25) is 17.6 Å². The third-order valence-corrected chi connectivity index (χ3v) is 5.36. The first-order valence-corrected chi connectivity index (χ1v) is 11.1. The molecule has 0 spiro atoms. The molecule has 0 radical (unpaired) electrons. The Balaban J connectivity index is 2.21. The number of H-pyrrole nitrogens is 1. The standard InChI is InChI=1S/C25H25FN6O4/c1-12(2)20-21(22(33)17-6-13(3)5-15(7-17)10-27)32(25(36)31-24(20)35)11-16-8-18(26)29-19(9-16)30-23(34)14(4)28/h5-9,12,14H,11,28H2,1-4H3,(H,29,30,34)(H,31,35,36). The quantitative estimate of drug-likeness (QED) is 0.335. The van der Waals surface area contributed by atoms with E-state index < -0.39 is 40.8 Å². The van der Waals surface area contributed by atoms with Crippen LogP contribution >= 0.6 is 0 Å². The molecular formula is C25H25FN6O4. The van der Waals surface area contributed by atoms with Crippen LogP contribution in [0.4, 0.5) is 10.2 Å². The molecule has 0 aliphatic rings. The number of aryl methyl sites for hydroxylation is 1. The second kappa shape index (κ2) is 10.5. The minimum absolute atomic E-state index is 0.0691. The lowest BCUT2D eigenvalue weighted by Gasteiger charge is -2.18. The second-order valence-corrected chi connectivity index (χ2v) is 8.75. The Labute approximate surface area is 205 Å². The highest BCUT2D eigenvalue weighted by Gasteiger charge is 2.25. The molecule has 0 fully saturated rings. The normalized spacial score (nSPS) is 11.7. The summed E-state index contributed by atoms with van der Waals surface area (Å²) in [6.07, 6.45) is 0. The van der Waals surface area contributed by atoms with Crippen molar-refractivity contribution >= 4 is 17.5 Å². The van der Waals surface area contributed by atoms with Crippen LogP contribution in [-0.4, -0.2) is 32.3 Å². The van der Waals surface area contributed by atoms with E-state index in [-0.39, 0.29) is 40.3 Å². The summed E-state index contributed by atoms with van der Waals surface area (Å²) in [5.74, 6) is -2.73. The largest absolute Gasteiger partial charge is 0.329 e. The molecule has 0 aliphatic carbocycles. The summed E-state index contributed by atoms with van der Waals surface area (Å²) in [7, 11) is 0. The van der Waals surface area contributed by atoms with Crippen molar-refractivity contribution in [3.63, 3.8) is 0 Å². The monoisotopic (exact) mass is 492 g/mol. The summed E-state index contributed by atoms with van der Waals surface area (Å²) in [5.41, 5.74) is 5.05. The van der Waals surface area contributed by atoms with Crippen molar-refractivity contribution in [3.05, 3.63) is 90.6 Å². The van der Waals surface area contributed by atoms with Crippen molar-refractivity contribution in [2.24, 2.45) is 5.73 Å². The zero-order valence-electron chi connectivity index (χ0n) is 20.2. The first kappa shape index (κ1) is 26.2. The van der Waals surface area contributed by atoms with Crippen LogP contribution in [0.25, 0.3) is 0 Å². The number of ketones is 1. The van der Waals surface area contributed by atoms with E-state index in [4.69, 9.17) is 5.73 Å². The molecule has 10 nitrogen and oxygen atoms in total. The minimum atomic E-state index is -0.931. The topological polar surface area (TPSA) is 164 Å². The molecule has 186 valence electrons. The molecule has 11 heteroatoms. The van der Waals surface area contributed by atoms with Gasteiger partial charge in [-0.2, -0.15) is 9.65 Å². The van der Waals surface area contributed by atoms with Gasteiger partial charge in [-0.3, -0.25) is 23.9 Å². The lowest BCUT2D eigenvalue weighted by atomic mass is 9.95. The number of hydrogen-bond acceptors (Lipinski definition) is 7. The van der Waals surface area contributed by atoms with E-state index in [0.29, 0.717) is 5.56 Å². The summed E-state index contributed by atoms with van der Waals surface area (Å²) in [5, 5.41) is 11.7. The van der Waals surface area contributed by atoms with E-state index >= 15 is 0 Å². The number of nitrogens with one attached hydrogen (secondary N) is 2. The number of anilines is 1. The molecule has 0 aliphatic heterocycles. The van der Waals surface area contributed by atoms with Crippen molar-refractivity contribution in [1.29, 1.82) is 5.26 Å². The SMILES string of the molecule is Cc1cc(C#N)cc(C(=O)c2c(C(C)C)c(=O)[nH]c(=O)n2Cc2cc(F)nc(NC(=O)C(C)N)c2)c1. The number of pyridine rings is 1. The second-order valence-electron chi connectivity index (χ2n) is 8.75. The van der Waals surface area contributed by atoms with Gasteiger partial charge in [0.1, 0.15) is 11.5 Å². The number of nitrogens with two attached hydrogens (primary N) is 1. The average molecular weight is 493 g/mol. The van der Waals surface area contributed by atoms with Crippen LogP contribution in [0.5, 0.6) is 0 Å². The lowest BCUT2D eigenvalue weighted by Crippen LogP contribution is -2.38. The van der Waals surface area contributed by atoms with E-state index in [9.17, 15) is 28.8 Å². The van der Waals surface area contributed by atoms with Crippen LogP contribution in [0.15, 0.2) is 39.9 Å². The number of benzene rings is 1. The predicted octanol–water partition coefficient (Wildman–Crippen LogP) is 1.94. The number of nitrogens with zero attached hydrogens (tertiary/aromatic N) is 3. The molecule has 1 atom stereocenters. The molecular weight excluding hydrogens is 467 g/mol. The number of nitriles is 1. The van der Waals surface area contributed by atoms with Gasteiger partial charge in [0.25, 0.3) is 5.56 Å². The lowest BCUT2D eigenvalue weighted by molar-refractivity contribution is -0.117. The third kappa shape index (κ3) is 5.61.